The molecule has 0 atom stereocenters. The van der Waals surface area contributed by atoms with E-state index in [1.165, 1.54) is 9.80 Å². The number of hydrogen-bond donors (Lipinski definition) is 1. The Morgan fingerprint density at radius 3 is 1.88 bits per heavy atom. The number of carbonyl (C=O) groups excluding carboxylic acids is 2. The van der Waals surface area contributed by atoms with E-state index >= 15 is 0 Å². The number of nitrogens with two attached hydrogens (primary N) is 1. The van der Waals surface area contributed by atoms with Crippen molar-refractivity contribution < 1.29 is 9.59 Å². The van der Waals surface area contributed by atoms with Gasteiger partial charge in [0.05, 0.1) is 12.1 Å². The fraction of sp³-hybridized carbons (Fsp3) is 0.833. The molecule has 100 valence electrons. The second-order valence-corrected chi connectivity index (χ2v) is 4.47. The van der Waals surface area contributed by atoms with Crippen molar-refractivity contribution in [2.75, 3.05) is 27.2 Å². The van der Waals surface area contributed by atoms with Gasteiger partial charge in [0.25, 0.3) is 0 Å². The third-order valence-electron chi connectivity index (χ3n) is 3.18. The molecule has 0 aromatic rings. The summed E-state index contributed by atoms with van der Waals surface area (Å²) in [6.45, 7) is 6.23. The van der Waals surface area contributed by atoms with Gasteiger partial charge in [-0.1, -0.05) is 13.8 Å². The number of nitrogens with zero attached hydrogens (tertiary/aromatic N) is 2. The lowest BCUT2D eigenvalue weighted by Gasteiger charge is -2.32. The average molecular weight is 243 g/mol. The van der Waals surface area contributed by atoms with Gasteiger partial charge in [-0.2, -0.15) is 0 Å². The highest BCUT2D eigenvalue weighted by Gasteiger charge is 2.34. The first-order valence-electron chi connectivity index (χ1n) is 6.10. The van der Waals surface area contributed by atoms with E-state index < -0.39 is 5.54 Å². The van der Waals surface area contributed by atoms with Crippen LogP contribution in [0.3, 0.4) is 0 Å². The van der Waals surface area contributed by atoms with Crippen molar-refractivity contribution in [3.63, 3.8) is 0 Å². The van der Waals surface area contributed by atoms with Gasteiger partial charge in [0, 0.05) is 20.6 Å². The van der Waals surface area contributed by atoms with Crippen molar-refractivity contribution >= 4 is 11.8 Å². The number of hydrogen-bond acceptors (Lipinski definition) is 3. The van der Waals surface area contributed by atoms with Gasteiger partial charge < -0.3 is 15.5 Å². The van der Waals surface area contributed by atoms with Crippen LogP contribution in [0, 0.1) is 0 Å². The summed E-state index contributed by atoms with van der Waals surface area (Å²) in [5, 5.41) is 0. The zero-order valence-electron chi connectivity index (χ0n) is 11.6. The van der Waals surface area contributed by atoms with E-state index in [0.717, 1.165) is 0 Å². The molecule has 0 rings (SSSR count). The first-order chi connectivity index (χ1) is 7.82. The minimum atomic E-state index is -0.845. The summed E-state index contributed by atoms with van der Waals surface area (Å²) >= 11 is 0. The molecule has 0 aromatic heterocycles. The summed E-state index contributed by atoms with van der Waals surface area (Å²) in [6, 6.07) is 0. The van der Waals surface area contributed by atoms with Crippen LogP contribution in [-0.2, 0) is 9.59 Å². The minimum Gasteiger partial charge on any atom is -0.347 e. The Hall–Kier alpha value is -1.10. The number of amides is 2. The zero-order valence-corrected chi connectivity index (χ0v) is 11.6. The van der Waals surface area contributed by atoms with Gasteiger partial charge >= 0.3 is 0 Å². The minimum absolute atomic E-state index is 0.0882. The second kappa shape index (κ2) is 6.59. The zero-order chi connectivity index (χ0) is 13.6. The highest BCUT2D eigenvalue weighted by Crippen LogP contribution is 2.15. The summed E-state index contributed by atoms with van der Waals surface area (Å²) in [5.41, 5.74) is 5.21. The first-order valence-corrected chi connectivity index (χ1v) is 6.10. The molecule has 2 amide bonds. The topological polar surface area (TPSA) is 66.6 Å². The molecule has 0 aromatic carbocycles. The summed E-state index contributed by atoms with van der Waals surface area (Å²) in [7, 11) is 3.35. The summed E-state index contributed by atoms with van der Waals surface area (Å²) < 4.78 is 0. The molecular weight excluding hydrogens is 218 g/mol. The Morgan fingerprint density at radius 2 is 1.59 bits per heavy atom. The molecule has 0 aliphatic heterocycles. The van der Waals surface area contributed by atoms with E-state index in [0.29, 0.717) is 19.4 Å². The first kappa shape index (κ1) is 15.9. The van der Waals surface area contributed by atoms with Crippen LogP contribution in [0.2, 0.25) is 0 Å². The Morgan fingerprint density at radius 1 is 1.12 bits per heavy atom. The maximum absolute atomic E-state index is 12.2. The van der Waals surface area contributed by atoms with E-state index in [1.54, 1.807) is 14.1 Å². The molecule has 17 heavy (non-hydrogen) atoms. The molecule has 0 unspecified atom stereocenters. The molecule has 0 saturated carbocycles. The van der Waals surface area contributed by atoms with Crippen LogP contribution >= 0.6 is 0 Å². The molecule has 0 radical (unpaired) electrons. The van der Waals surface area contributed by atoms with Gasteiger partial charge in [0.1, 0.15) is 0 Å². The molecule has 0 bridgehead atoms. The molecule has 0 heterocycles. The maximum Gasteiger partial charge on any atom is 0.243 e. The van der Waals surface area contributed by atoms with Crippen LogP contribution in [-0.4, -0.2) is 54.3 Å². The number of rotatable bonds is 6. The van der Waals surface area contributed by atoms with Crippen molar-refractivity contribution in [2.24, 2.45) is 5.73 Å². The predicted molar refractivity (Wildman–Crippen MR) is 68.4 cm³/mol. The highest BCUT2D eigenvalue weighted by molar-refractivity contribution is 5.90. The van der Waals surface area contributed by atoms with E-state index in [2.05, 4.69) is 0 Å². The molecule has 5 nitrogen and oxygen atoms in total. The lowest BCUT2D eigenvalue weighted by Crippen LogP contribution is -2.56. The smallest absolute Gasteiger partial charge is 0.243 e. The molecular formula is C12H25N3O2. The van der Waals surface area contributed by atoms with Crippen LogP contribution in [0.1, 0.15) is 33.6 Å². The van der Waals surface area contributed by atoms with Crippen LogP contribution in [0.15, 0.2) is 0 Å². The van der Waals surface area contributed by atoms with Crippen LogP contribution in [0.25, 0.3) is 0 Å². The fourth-order valence-electron chi connectivity index (χ4n) is 1.50. The highest BCUT2D eigenvalue weighted by atomic mass is 16.2. The molecule has 2 N–H and O–H groups in total. The van der Waals surface area contributed by atoms with Crippen molar-refractivity contribution in [2.45, 2.75) is 39.2 Å². The van der Waals surface area contributed by atoms with Crippen LogP contribution in [0.5, 0.6) is 0 Å². The van der Waals surface area contributed by atoms with Crippen LogP contribution < -0.4 is 5.73 Å². The van der Waals surface area contributed by atoms with E-state index in [-0.39, 0.29) is 18.4 Å². The van der Waals surface area contributed by atoms with Crippen molar-refractivity contribution in [1.29, 1.82) is 0 Å². The third-order valence-corrected chi connectivity index (χ3v) is 3.18. The fourth-order valence-corrected chi connectivity index (χ4v) is 1.50. The van der Waals surface area contributed by atoms with Gasteiger partial charge in [0.15, 0.2) is 0 Å². The molecule has 0 aliphatic rings. The third kappa shape index (κ3) is 4.00. The van der Waals surface area contributed by atoms with Crippen molar-refractivity contribution in [3.8, 4) is 0 Å². The van der Waals surface area contributed by atoms with Crippen molar-refractivity contribution in [1.82, 2.24) is 9.80 Å². The largest absolute Gasteiger partial charge is 0.347 e. The lowest BCUT2D eigenvalue weighted by molar-refractivity contribution is -0.142. The molecule has 0 saturated heterocycles. The van der Waals surface area contributed by atoms with E-state index in [4.69, 9.17) is 5.73 Å². The SMILES string of the molecule is CCN(CC(=O)N(C)C)C(=O)C(N)(CC)CC. The summed E-state index contributed by atoms with van der Waals surface area (Å²) in [5.74, 6) is -0.227. The molecule has 0 spiro atoms. The Labute approximate surface area is 104 Å². The number of carbonyl (C=O) groups is 2. The van der Waals surface area contributed by atoms with Crippen LogP contribution in [0.4, 0.5) is 0 Å². The average Bonchev–Trinajstić information content (AvgIpc) is 2.33. The van der Waals surface area contributed by atoms with Gasteiger partial charge in [-0.05, 0) is 19.8 Å². The standard InChI is InChI=1S/C12H25N3O2/c1-6-12(13,7-2)11(17)15(8-3)9-10(16)14(4)5/h6-9,13H2,1-5H3. The Bertz CT molecular complexity index is 273. The Kier molecular flexibility index (Phi) is 6.16. The molecule has 5 heteroatoms. The predicted octanol–water partition coefficient (Wildman–Crippen LogP) is 0.441. The quantitative estimate of drug-likeness (QED) is 0.736. The van der Waals surface area contributed by atoms with E-state index in [9.17, 15) is 9.59 Å². The summed E-state index contributed by atoms with van der Waals surface area (Å²) in [6.07, 6.45) is 1.16. The molecule has 0 fully saturated rings. The second-order valence-electron chi connectivity index (χ2n) is 4.47. The number of likely N-dealkylation sites (N-methyl/N-ethyl adjacent to an activating group) is 2. The molecule has 0 aliphatic carbocycles. The maximum atomic E-state index is 12.2. The van der Waals surface area contributed by atoms with Gasteiger partial charge in [0.2, 0.25) is 11.8 Å². The normalized spacial score (nSPS) is 11.2. The van der Waals surface area contributed by atoms with Gasteiger partial charge in [-0.3, -0.25) is 9.59 Å². The lowest BCUT2D eigenvalue weighted by atomic mass is 9.92. The van der Waals surface area contributed by atoms with Crippen molar-refractivity contribution in [3.05, 3.63) is 0 Å². The van der Waals surface area contributed by atoms with E-state index in [1.807, 2.05) is 20.8 Å². The van der Waals surface area contributed by atoms with Gasteiger partial charge in [-0.25, -0.2) is 0 Å². The Balaban J connectivity index is 4.77. The monoisotopic (exact) mass is 243 g/mol. The summed E-state index contributed by atoms with van der Waals surface area (Å²) in [4.78, 5) is 26.9. The van der Waals surface area contributed by atoms with Gasteiger partial charge in [-0.15, -0.1) is 0 Å².